The van der Waals surface area contributed by atoms with Crippen molar-refractivity contribution in [3.8, 4) is 0 Å². The van der Waals surface area contributed by atoms with Gasteiger partial charge in [-0.25, -0.2) is 9.59 Å². The molecule has 4 N–H and O–H groups in total. The highest BCUT2D eigenvalue weighted by Crippen LogP contribution is 2.67. The first-order valence-corrected chi connectivity index (χ1v) is 13.8. The molecule has 39 heavy (non-hydrogen) atoms. The number of ketones is 1. The maximum atomic E-state index is 13.9. The zero-order chi connectivity index (χ0) is 29.2. The van der Waals surface area contributed by atoms with Gasteiger partial charge in [0.2, 0.25) is 0 Å². The van der Waals surface area contributed by atoms with Gasteiger partial charge in [-0.05, 0) is 65.1 Å². The number of likely N-dealkylation sites (tertiary alicyclic amines) is 1. The molecule has 0 bridgehead atoms. The molecule has 1 amide bonds. The van der Waals surface area contributed by atoms with Gasteiger partial charge in [-0.3, -0.25) is 4.79 Å². The molecule has 4 fully saturated rings. The smallest absolute Gasteiger partial charge is 0.438 e. The summed E-state index contributed by atoms with van der Waals surface area (Å²) in [5.41, 5.74) is -5.73. The van der Waals surface area contributed by atoms with E-state index in [1.54, 1.807) is 13.8 Å². The third kappa shape index (κ3) is 4.41. The number of aliphatic hydroxyl groups is 3. The molecule has 8 atom stereocenters. The van der Waals surface area contributed by atoms with Crippen molar-refractivity contribution < 1.29 is 44.0 Å². The summed E-state index contributed by atoms with van der Waals surface area (Å²) in [4.78, 5) is 46.5. The van der Waals surface area contributed by atoms with Crippen molar-refractivity contribution in [3.05, 3.63) is 12.7 Å². The lowest BCUT2D eigenvalue weighted by Crippen LogP contribution is -2.86. The van der Waals surface area contributed by atoms with Gasteiger partial charge in [0.25, 0.3) is 0 Å². The number of fused-ring (bicyclic) bond motifs is 3. The largest absolute Gasteiger partial charge is 0.441 e. The summed E-state index contributed by atoms with van der Waals surface area (Å²) in [6.07, 6.45) is -2.13. The Morgan fingerprint density at radius 3 is 2.33 bits per heavy atom. The molecule has 0 aromatic rings. The monoisotopic (exact) mass is 552 g/mol. The molecule has 2 heterocycles. The average Bonchev–Trinajstić information content (AvgIpc) is 2.86. The maximum Gasteiger partial charge on any atom is 0.441 e. The number of rotatable bonds is 3. The number of ether oxygens (including phenoxy) is 2. The molecule has 220 valence electrons. The first-order valence-electron chi connectivity index (χ1n) is 13.8. The van der Waals surface area contributed by atoms with Gasteiger partial charge in [-0.15, -0.1) is 12.1 Å². The van der Waals surface area contributed by atoms with Gasteiger partial charge in [0, 0.05) is 17.8 Å². The van der Waals surface area contributed by atoms with E-state index in [1.165, 1.54) is 13.0 Å². The number of nitrogens with one attached hydrogen (secondary N) is 1. The zero-order valence-corrected chi connectivity index (χ0v) is 23.9. The van der Waals surface area contributed by atoms with E-state index in [1.807, 2.05) is 26.4 Å². The van der Waals surface area contributed by atoms with Crippen LogP contribution in [0.4, 0.5) is 4.79 Å². The highest BCUT2D eigenvalue weighted by Gasteiger charge is 2.81. The Morgan fingerprint density at radius 1 is 1.13 bits per heavy atom. The molecule has 4 aliphatic rings. The van der Waals surface area contributed by atoms with E-state index < -0.39 is 69.7 Å². The van der Waals surface area contributed by atoms with Crippen molar-refractivity contribution in [2.75, 3.05) is 20.1 Å². The maximum absolute atomic E-state index is 13.9. The number of hydrogen-bond donors (Lipinski definition) is 4. The van der Waals surface area contributed by atoms with Gasteiger partial charge in [-0.2, -0.15) is 0 Å². The first-order chi connectivity index (χ1) is 18.0. The van der Waals surface area contributed by atoms with Gasteiger partial charge in [-0.1, -0.05) is 26.8 Å². The lowest BCUT2D eigenvalue weighted by molar-refractivity contribution is -0.369. The number of aliphatic hydroxyl groups excluding tert-OH is 2. The normalized spacial score (nSPS) is 44.5. The lowest BCUT2D eigenvalue weighted by Gasteiger charge is -2.71. The van der Waals surface area contributed by atoms with Crippen LogP contribution in [0.25, 0.3) is 0 Å². The van der Waals surface area contributed by atoms with Crippen molar-refractivity contribution in [1.29, 1.82) is 0 Å². The second kappa shape index (κ2) is 9.80. The van der Waals surface area contributed by atoms with Crippen LogP contribution in [0.5, 0.6) is 0 Å². The van der Waals surface area contributed by atoms with Crippen molar-refractivity contribution in [2.24, 2.45) is 22.7 Å². The van der Waals surface area contributed by atoms with E-state index in [4.69, 9.17) is 14.3 Å². The van der Waals surface area contributed by atoms with Crippen LogP contribution in [0.3, 0.4) is 0 Å². The van der Waals surface area contributed by atoms with Crippen LogP contribution in [-0.4, -0.2) is 93.3 Å². The standard InChI is InChI=1S/C28H44N2O9/c1-8-25(4)15-18(32)28(36)26(5)17(31)9-12-24(2,3)20(26)19(33)21(27(28,6)39-25)37-23(35)29-38-22(34)16-10-13-30(7)14-11-16/h8,16-17,19-21,31,33,36H,1,9-15H2,2-7H3,(H,29,35)/t17-,19-,20-,21-,25-,26-,27+,28-/m0/s1. The summed E-state index contributed by atoms with van der Waals surface area (Å²) in [6.45, 7) is 13.6. The molecule has 11 heteroatoms. The van der Waals surface area contributed by atoms with E-state index in [0.717, 1.165) is 13.1 Å². The van der Waals surface area contributed by atoms with Crippen LogP contribution in [-0.2, 0) is 23.9 Å². The fourth-order valence-electron chi connectivity index (χ4n) is 8.04. The SMILES string of the molecule is C=C[C@@]1(C)CC(=O)[C@]2(O)[C@@]3(C)[C@@H](O)CCC(C)(C)[C@@H]3[C@H](O)[C@H](OC(=O)NOC(=O)C3CCN(C)CC3)[C@@]2(C)O1. The summed E-state index contributed by atoms with van der Waals surface area (Å²) in [5.74, 6) is -2.42. The van der Waals surface area contributed by atoms with E-state index >= 15 is 0 Å². The minimum atomic E-state index is -2.33. The number of amides is 1. The number of piperidine rings is 1. The summed E-state index contributed by atoms with van der Waals surface area (Å²) in [5, 5.41) is 35.6. The van der Waals surface area contributed by atoms with Crippen molar-refractivity contribution in [1.82, 2.24) is 10.4 Å². The van der Waals surface area contributed by atoms with Crippen LogP contribution >= 0.6 is 0 Å². The summed E-state index contributed by atoms with van der Waals surface area (Å²) >= 11 is 0. The van der Waals surface area contributed by atoms with Gasteiger partial charge in [0.15, 0.2) is 17.5 Å². The summed E-state index contributed by atoms with van der Waals surface area (Å²) < 4.78 is 12.0. The van der Waals surface area contributed by atoms with Crippen LogP contribution in [0, 0.1) is 22.7 Å². The van der Waals surface area contributed by atoms with Crippen molar-refractivity contribution in [2.45, 2.75) is 102 Å². The Kier molecular flexibility index (Phi) is 7.52. The van der Waals surface area contributed by atoms with E-state index in [9.17, 15) is 29.7 Å². The van der Waals surface area contributed by atoms with Crippen molar-refractivity contribution in [3.63, 3.8) is 0 Å². The Balaban J connectivity index is 1.67. The Morgan fingerprint density at radius 2 is 1.74 bits per heavy atom. The topological polar surface area (TPSA) is 155 Å². The molecule has 2 saturated heterocycles. The van der Waals surface area contributed by atoms with E-state index in [-0.39, 0.29) is 12.3 Å². The van der Waals surface area contributed by atoms with Crippen LogP contribution in [0.15, 0.2) is 12.7 Å². The van der Waals surface area contributed by atoms with Crippen molar-refractivity contribution >= 4 is 17.8 Å². The molecular weight excluding hydrogens is 508 g/mol. The number of hydrogen-bond acceptors (Lipinski definition) is 10. The van der Waals surface area contributed by atoms with Crippen LogP contribution in [0.2, 0.25) is 0 Å². The van der Waals surface area contributed by atoms with Gasteiger partial charge in [0.05, 0.1) is 23.7 Å². The number of carbonyl (C=O) groups is 3. The molecule has 0 unspecified atom stereocenters. The molecular formula is C28H44N2O9. The van der Waals surface area contributed by atoms with Gasteiger partial charge < -0.3 is 34.5 Å². The predicted molar refractivity (Wildman–Crippen MR) is 139 cm³/mol. The minimum absolute atomic E-state index is 0.221. The number of Topliss-reactive ketones (excluding diaryl/α,β-unsaturated/α-hetero) is 1. The molecule has 4 rings (SSSR count). The molecule has 0 aromatic heterocycles. The molecule has 0 radical (unpaired) electrons. The predicted octanol–water partition coefficient (Wildman–Crippen LogP) is 1.48. The molecule has 2 aliphatic heterocycles. The number of carbonyl (C=O) groups excluding carboxylic acids is 3. The Bertz CT molecular complexity index is 1030. The zero-order valence-electron chi connectivity index (χ0n) is 23.9. The van der Waals surface area contributed by atoms with Crippen LogP contribution < -0.4 is 5.48 Å². The molecule has 0 spiro atoms. The van der Waals surface area contributed by atoms with Gasteiger partial charge >= 0.3 is 12.1 Å². The highest BCUT2D eigenvalue weighted by atomic mass is 16.7. The first kappa shape index (κ1) is 29.9. The average molecular weight is 553 g/mol. The second-order valence-corrected chi connectivity index (χ2v) is 13.3. The lowest BCUT2D eigenvalue weighted by atomic mass is 9.40. The van der Waals surface area contributed by atoms with E-state index in [2.05, 4.69) is 11.5 Å². The second-order valence-electron chi connectivity index (χ2n) is 13.3. The fourth-order valence-corrected chi connectivity index (χ4v) is 8.04. The summed E-state index contributed by atoms with van der Waals surface area (Å²) in [6, 6.07) is 0. The Labute approximate surface area is 229 Å². The third-order valence-electron chi connectivity index (χ3n) is 10.2. The fraction of sp³-hybridized carbons (Fsp3) is 0.821. The number of hydroxylamine groups is 1. The van der Waals surface area contributed by atoms with Gasteiger partial charge in [0.1, 0.15) is 5.60 Å². The van der Waals surface area contributed by atoms with E-state index in [0.29, 0.717) is 25.7 Å². The summed E-state index contributed by atoms with van der Waals surface area (Å²) in [7, 11) is 1.96. The minimum Gasteiger partial charge on any atom is -0.438 e. The molecule has 2 aliphatic carbocycles. The third-order valence-corrected chi connectivity index (χ3v) is 10.2. The number of nitrogens with zero attached hydrogens (tertiary/aromatic N) is 1. The molecule has 2 saturated carbocycles. The quantitative estimate of drug-likeness (QED) is 0.299. The molecule has 0 aromatic carbocycles. The van der Waals surface area contributed by atoms with Crippen LogP contribution in [0.1, 0.15) is 66.7 Å². The Hall–Kier alpha value is -2.05. The highest BCUT2D eigenvalue weighted by molar-refractivity contribution is 5.92. The molecule has 11 nitrogen and oxygen atoms in total.